The zero-order valence-electron chi connectivity index (χ0n) is 10.9. The molecular formula is C13H14N2O4. The van der Waals surface area contributed by atoms with Crippen LogP contribution in [0.1, 0.15) is 36.7 Å². The van der Waals surface area contributed by atoms with E-state index in [0.29, 0.717) is 0 Å². The number of amides is 1. The average Bonchev–Trinajstić information content (AvgIpc) is 2.26. The number of carbonyl (C=O) groups is 2. The number of nitrogens with zero attached hydrogens (tertiary/aromatic N) is 1. The van der Waals surface area contributed by atoms with Crippen molar-refractivity contribution in [3.63, 3.8) is 0 Å². The Bertz CT molecular complexity index is 553. The maximum Gasteiger partial charge on any atom is 0.412 e. The highest BCUT2D eigenvalue weighted by molar-refractivity contribution is 5.93. The van der Waals surface area contributed by atoms with Gasteiger partial charge < -0.3 is 9.84 Å². The number of ether oxygens (including phenoxy) is 1. The molecule has 0 aliphatic heterocycles. The van der Waals surface area contributed by atoms with Crippen LogP contribution in [0.3, 0.4) is 0 Å². The monoisotopic (exact) mass is 262 g/mol. The van der Waals surface area contributed by atoms with E-state index < -0.39 is 17.7 Å². The average molecular weight is 262 g/mol. The van der Waals surface area contributed by atoms with Crippen molar-refractivity contribution in [3.05, 3.63) is 29.3 Å². The first-order valence-electron chi connectivity index (χ1n) is 5.50. The quantitative estimate of drug-likeness (QED) is 0.853. The number of carbonyl (C=O) groups excluding carboxylic acids is 1. The molecule has 0 fully saturated rings. The van der Waals surface area contributed by atoms with E-state index in [4.69, 9.17) is 15.1 Å². The van der Waals surface area contributed by atoms with E-state index in [0.717, 1.165) is 0 Å². The second-order valence-corrected chi connectivity index (χ2v) is 4.80. The summed E-state index contributed by atoms with van der Waals surface area (Å²) in [5, 5.41) is 20.1. The molecule has 0 saturated carbocycles. The van der Waals surface area contributed by atoms with Gasteiger partial charge in [0.2, 0.25) is 0 Å². The van der Waals surface area contributed by atoms with Crippen molar-refractivity contribution >= 4 is 17.7 Å². The van der Waals surface area contributed by atoms with Gasteiger partial charge in [0.1, 0.15) is 11.7 Å². The van der Waals surface area contributed by atoms with E-state index >= 15 is 0 Å². The molecule has 0 bridgehead atoms. The van der Waals surface area contributed by atoms with Gasteiger partial charge in [-0.15, -0.1) is 0 Å². The van der Waals surface area contributed by atoms with Crippen molar-refractivity contribution in [1.82, 2.24) is 0 Å². The lowest BCUT2D eigenvalue weighted by atomic mass is 10.1. The van der Waals surface area contributed by atoms with Gasteiger partial charge >= 0.3 is 12.1 Å². The fourth-order valence-corrected chi connectivity index (χ4v) is 1.32. The minimum Gasteiger partial charge on any atom is -0.478 e. The van der Waals surface area contributed by atoms with Gasteiger partial charge in [-0.1, -0.05) is 0 Å². The van der Waals surface area contributed by atoms with Crippen LogP contribution in [-0.4, -0.2) is 22.8 Å². The molecular weight excluding hydrogens is 248 g/mol. The lowest BCUT2D eigenvalue weighted by Crippen LogP contribution is -2.27. The Morgan fingerprint density at radius 3 is 2.47 bits per heavy atom. The van der Waals surface area contributed by atoms with Gasteiger partial charge in [-0.2, -0.15) is 5.26 Å². The summed E-state index contributed by atoms with van der Waals surface area (Å²) >= 11 is 0. The summed E-state index contributed by atoms with van der Waals surface area (Å²) in [5.41, 5.74) is -0.532. The SMILES string of the molecule is CC(C)(C)OC(=O)Nc1ccc(C#N)c(C(=O)O)c1. The molecule has 100 valence electrons. The molecule has 0 unspecified atom stereocenters. The molecule has 1 rings (SSSR count). The van der Waals surface area contributed by atoms with Gasteiger partial charge in [0.05, 0.1) is 11.1 Å². The number of anilines is 1. The van der Waals surface area contributed by atoms with E-state index in [1.165, 1.54) is 18.2 Å². The first-order chi connectivity index (χ1) is 8.73. The van der Waals surface area contributed by atoms with Crippen LogP contribution in [0.4, 0.5) is 10.5 Å². The van der Waals surface area contributed by atoms with Crippen LogP contribution in [0, 0.1) is 11.3 Å². The van der Waals surface area contributed by atoms with Crippen LogP contribution < -0.4 is 5.32 Å². The maximum atomic E-state index is 11.5. The zero-order valence-corrected chi connectivity index (χ0v) is 10.9. The molecule has 0 atom stereocenters. The van der Waals surface area contributed by atoms with Crippen LogP contribution in [-0.2, 0) is 4.74 Å². The van der Waals surface area contributed by atoms with Crippen LogP contribution in [0.5, 0.6) is 0 Å². The van der Waals surface area contributed by atoms with Crippen LogP contribution in [0.2, 0.25) is 0 Å². The number of nitrogens with one attached hydrogen (secondary N) is 1. The van der Waals surface area contributed by atoms with Crippen molar-refractivity contribution in [1.29, 1.82) is 5.26 Å². The number of aromatic carboxylic acids is 1. The highest BCUT2D eigenvalue weighted by atomic mass is 16.6. The molecule has 0 aromatic heterocycles. The minimum absolute atomic E-state index is 0.0299. The molecule has 1 amide bonds. The number of carboxylic acid groups (broad SMARTS) is 1. The second-order valence-electron chi connectivity index (χ2n) is 4.80. The third-order valence-corrected chi connectivity index (χ3v) is 2.02. The Morgan fingerprint density at radius 1 is 1.37 bits per heavy atom. The highest BCUT2D eigenvalue weighted by Crippen LogP contribution is 2.17. The number of hydrogen-bond acceptors (Lipinski definition) is 4. The summed E-state index contributed by atoms with van der Waals surface area (Å²) < 4.78 is 5.04. The predicted octanol–water partition coefficient (Wildman–Crippen LogP) is 2.60. The maximum absolute atomic E-state index is 11.5. The molecule has 19 heavy (non-hydrogen) atoms. The summed E-state index contributed by atoms with van der Waals surface area (Å²) in [5.74, 6) is -1.23. The van der Waals surface area contributed by atoms with E-state index in [1.807, 2.05) is 0 Å². The summed E-state index contributed by atoms with van der Waals surface area (Å²) in [4.78, 5) is 22.5. The van der Waals surface area contributed by atoms with Gasteiger partial charge in [-0.25, -0.2) is 9.59 Å². The number of benzene rings is 1. The smallest absolute Gasteiger partial charge is 0.412 e. The fraction of sp³-hybridized carbons (Fsp3) is 0.308. The summed E-state index contributed by atoms with van der Waals surface area (Å²) in [6.07, 6.45) is -0.687. The molecule has 2 N–H and O–H groups in total. The van der Waals surface area contributed by atoms with Crippen LogP contribution in [0.25, 0.3) is 0 Å². The van der Waals surface area contributed by atoms with Crippen molar-refractivity contribution in [2.75, 3.05) is 5.32 Å². The summed E-state index contributed by atoms with van der Waals surface area (Å²) in [6, 6.07) is 5.75. The number of carboxylic acids is 1. The van der Waals surface area contributed by atoms with Crippen molar-refractivity contribution in [2.24, 2.45) is 0 Å². The van der Waals surface area contributed by atoms with Crippen molar-refractivity contribution in [2.45, 2.75) is 26.4 Å². The highest BCUT2D eigenvalue weighted by Gasteiger charge is 2.17. The Morgan fingerprint density at radius 2 is 2.00 bits per heavy atom. The second kappa shape index (κ2) is 5.40. The lowest BCUT2D eigenvalue weighted by molar-refractivity contribution is 0.0632. The molecule has 0 heterocycles. The molecule has 0 saturated heterocycles. The normalized spacial score (nSPS) is 10.4. The first kappa shape index (κ1) is 14.5. The molecule has 0 radical (unpaired) electrons. The van der Waals surface area contributed by atoms with Gasteiger partial charge in [-0.05, 0) is 39.0 Å². The van der Waals surface area contributed by atoms with Crippen molar-refractivity contribution < 1.29 is 19.4 Å². The number of nitriles is 1. The van der Waals surface area contributed by atoms with E-state index in [1.54, 1.807) is 26.8 Å². The van der Waals surface area contributed by atoms with E-state index in [-0.39, 0.29) is 16.8 Å². The molecule has 1 aromatic carbocycles. The number of rotatable bonds is 2. The topological polar surface area (TPSA) is 99.4 Å². The third-order valence-electron chi connectivity index (χ3n) is 2.02. The molecule has 0 aliphatic rings. The van der Waals surface area contributed by atoms with Gasteiger partial charge in [0.25, 0.3) is 0 Å². The van der Waals surface area contributed by atoms with Crippen LogP contribution in [0.15, 0.2) is 18.2 Å². The number of hydrogen-bond donors (Lipinski definition) is 2. The molecule has 0 aliphatic carbocycles. The first-order valence-corrected chi connectivity index (χ1v) is 5.50. The summed E-state index contributed by atoms with van der Waals surface area (Å²) in [7, 11) is 0. The largest absolute Gasteiger partial charge is 0.478 e. The third kappa shape index (κ3) is 4.32. The Labute approximate surface area is 110 Å². The molecule has 0 spiro atoms. The zero-order chi connectivity index (χ0) is 14.6. The van der Waals surface area contributed by atoms with E-state index in [2.05, 4.69) is 5.32 Å². The molecule has 6 nitrogen and oxygen atoms in total. The Balaban J connectivity index is 2.92. The predicted molar refractivity (Wildman–Crippen MR) is 68.0 cm³/mol. The van der Waals surface area contributed by atoms with Crippen LogP contribution >= 0.6 is 0 Å². The Hall–Kier alpha value is -2.55. The molecule has 6 heteroatoms. The summed E-state index contributed by atoms with van der Waals surface area (Å²) in [6.45, 7) is 5.15. The van der Waals surface area contributed by atoms with Gasteiger partial charge in [-0.3, -0.25) is 5.32 Å². The van der Waals surface area contributed by atoms with Gasteiger partial charge in [0.15, 0.2) is 0 Å². The standard InChI is InChI=1S/C13H14N2O4/c1-13(2,3)19-12(18)15-9-5-4-8(7-14)10(6-9)11(16)17/h4-6H,1-3H3,(H,15,18)(H,16,17). The van der Waals surface area contributed by atoms with Crippen molar-refractivity contribution in [3.8, 4) is 6.07 Å². The minimum atomic E-state index is -1.23. The lowest BCUT2D eigenvalue weighted by Gasteiger charge is -2.19. The fourth-order valence-electron chi connectivity index (χ4n) is 1.32. The van der Waals surface area contributed by atoms with E-state index in [9.17, 15) is 9.59 Å². The molecule has 1 aromatic rings. The van der Waals surface area contributed by atoms with Gasteiger partial charge in [0, 0.05) is 5.69 Å². The Kier molecular flexibility index (Phi) is 4.12.